The maximum Gasteiger partial charge on any atom is 0.320 e. The van der Waals surface area contributed by atoms with E-state index in [1.807, 2.05) is 0 Å². The smallest absolute Gasteiger partial charge is 0.320 e. The van der Waals surface area contributed by atoms with E-state index in [0.29, 0.717) is 17.9 Å². The zero-order valence-corrected chi connectivity index (χ0v) is 9.82. The highest BCUT2D eigenvalue weighted by Gasteiger charge is 2.39. The minimum absolute atomic E-state index is 0.316. The molecule has 2 N–H and O–H groups in total. The second-order valence-electron chi connectivity index (χ2n) is 5.00. The van der Waals surface area contributed by atoms with Crippen LogP contribution in [0, 0.1) is 11.8 Å². The molecule has 2 atom stereocenters. The molecule has 16 heavy (non-hydrogen) atoms. The van der Waals surface area contributed by atoms with Crippen molar-refractivity contribution in [1.29, 1.82) is 0 Å². The van der Waals surface area contributed by atoms with E-state index in [9.17, 15) is 4.79 Å². The van der Waals surface area contributed by atoms with Crippen molar-refractivity contribution in [3.63, 3.8) is 0 Å². The van der Waals surface area contributed by atoms with Gasteiger partial charge in [-0.15, -0.1) is 0 Å². The van der Waals surface area contributed by atoms with Gasteiger partial charge >= 0.3 is 5.97 Å². The zero-order chi connectivity index (χ0) is 11.5. The molecule has 0 radical (unpaired) electrons. The van der Waals surface area contributed by atoms with E-state index in [4.69, 9.17) is 9.84 Å². The predicted octanol–water partition coefficient (Wildman–Crippen LogP) is 1.25. The van der Waals surface area contributed by atoms with Crippen LogP contribution in [-0.4, -0.2) is 36.9 Å². The first-order valence-corrected chi connectivity index (χ1v) is 6.21. The SMILES string of the molecule is COC1CCC([C@H]2CCN[C@H]2C(=O)O)CC1. The molecule has 1 saturated heterocycles. The van der Waals surface area contributed by atoms with Crippen molar-refractivity contribution in [2.75, 3.05) is 13.7 Å². The van der Waals surface area contributed by atoms with Crippen LogP contribution in [0.4, 0.5) is 0 Å². The lowest BCUT2D eigenvalue weighted by molar-refractivity contribution is -0.140. The Morgan fingerprint density at radius 2 is 1.94 bits per heavy atom. The zero-order valence-electron chi connectivity index (χ0n) is 9.82. The van der Waals surface area contributed by atoms with Gasteiger partial charge in [-0.05, 0) is 50.5 Å². The maximum atomic E-state index is 11.1. The fraction of sp³-hybridized carbons (Fsp3) is 0.917. The normalized spacial score (nSPS) is 39.8. The van der Waals surface area contributed by atoms with Gasteiger partial charge in [-0.2, -0.15) is 0 Å². The molecule has 0 aromatic rings. The van der Waals surface area contributed by atoms with E-state index < -0.39 is 5.97 Å². The number of carboxylic acid groups (broad SMARTS) is 1. The summed E-state index contributed by atoms with van der Waals surface area (Å²) in [4.78, 5) is 11.1. The first-order valence-electron chi connectivity index (χ1n) is 6.21. The van der Waals surface area contributed by atoms with Gasteiger partial charge in [0.15, 0.2) is 0 Å². The molecule has 1 aliphatic heterocycles. The van der Waals surface area contributed by atoms with Gasteiger partial charge in [-0.3, -0.25) is 4.79 Å². The molecule has 4 heteroatoms. The van der Waals surface area contributed by atoms with Crippen LogP contribution < -0.4 is 5.32 Å². The van der Waals surface area contributed by atoms with Crippen molar-refractivity contribution in [2.45, 2.75) is 44.2 Å². The number of nitrogens with one attached hydrogen (secondary N) is 1. The Kier molecular flexibility index (Phi) is 3.82. The maximum absolute atomic E-state index is 11.1. The second kappa shape index (κ2) is 5.15. The summed E-state index contributed by atoms with van der Waals surface area (Å²) in [6, 6.07) is -0.316. The average Bonchev–Trinajstić information content (AvgIpc) is 2.78. The lowest BCUT2D eigenvalue weighted by atomic mass is 9.76. The predicted molar refractivity (Wildman–Crippen MR) is 60.3 cm³/mol. The molecular formula is C12H21NO3. The van der Waals surface area contributed by atoms with Crippen LogP contribution in [0.2, 0.25) is 0 Å². The third kappa shape index (κ3) is 2.38. The molecule has 0 spiro atoms. The molecule has 1 saturated carbocycles. The van der Waals surface area contributed by atoms with E-state index in [-0.39, 0.29) is 6.04 Å². The first-order chi connectivity index (χ1) is 7.72. The van der Waals surface area contributed by atoms with E-state index in [1.54, 1.807) is 7.11 Å². The van der Waals surface area contributed by atoms with Crippen molar-refractivity contribution in [3.05, 3.63) is 0 Å². The Labute approximate surface area is 96.4 Å². The number of aliphatic carboxylic acids is 1. The van der Waals surface area contributed by atoms with Gasteiger partial charge in [0.25, 0.3) is 0 Å². The summed E-state index contributed by atoms with van der Waals surface area (Å²) < 4.78 is 5.34. The number of rotatable bonds is 3. The summed E-state index contributed by atoms with van der Waals surface area (Å²) >= 11 is 0. The van der Waals surface area contributed by atoms with Gasteiger partial charge in [0.1, 0.15) is 6.04 Å². The van der Waals surface area contributed by atoms with Crippen LogP contribution in [0.25, 0.3) is 0 Å². The van der Waals surface area contributed by atoms with Crippen LogP contribution in [0.3, 0.4) is 0 Å². The van der Waals surface area contributed by atoms with Gasteiger partial charge < -0.3 is 15.2 Å². The fourth-order valence-electron chi connectivity index (χ4n) is 3.25. The molecule has 1 aliphatic carbocycles. The number of ether oxygens (including phenoxy) is 1. The molecule has 2 fully saturated rings. The second-order valence-corrected chi connectivity index (χ2v) is 5.00. The molecule has 0 aromatic carbocycles. The van der Waals surface area contributed by atoms with Gasteiger partial charge in [0.05, 0.1) is 6.10 Å². The molecule has 0 amide bonds. The lowest BCUT2D eigenvalue weighted by Crippen LogP contribution is -2.39. The van der Waals surface area contributed by atoms with Crippen LogP contribution in [0.15, 0.2) is 0 Å². The van der Waals surface area contributed by atoms with E-state index >= 15 is 0 Å². The van der Waals surface area contributed by atoms with Gasteiger partial charge in [-0.25, -0.2) is 0 Å². The Balaban J connectivity index is 1.90. The molecule has 4 nitrogen and oxygen atoms in total. The highest BCUT2D eigenvalue weighted by molar-refractivity contribution is 5.74. The fourth-order valence-corrected chi connectivity index (χ4v) is 3.25. The quantitative estimate of drug-likeness (QED) is 0.762. The monoisotopic (exact) mass is 227 g/mol. The van der Waals surface area contributed by atoms with Crippen molar-refractivity contribution in [3.8, 4) is 0 Å². The van der Waals surface area contributed by atoms with Crippen LogP contribution in [0.1, 0.15) is 32.1 Å². The molecular weight excluding hydrogens is 206 g/mol. The highest BCUT2D eigenvalue weighted by atomic mass is 16.5. The van der Waals surface area contributed by atoms with Gasteiger partial charge in [-0.1, -0.05) is 0 Å². The minimum Gasteiger partial charge on any atom is -0.480 e. The molecule has 2 rings (SSSR count). The Morgan fingerprint density at radius 3 is 2.50 bits per heavy atom. The van der Waals surface area contributed by atoms with Crippen molar-refractivity contribution in [1.82, 2.24) is 5.32 Å². The van der Waals surface area contributed by atoms with Crippen LogP contribution in [0.5, 0.6) is 0 Å². The number of hydrogen-bond acceptors (Lipinski definition) is 3. The third-order valence-electron chi connectivity index (χ3n) is 4.19. The van der Waals surface area contributed by atoms with Gasteiger partial charge in [0, 0.05) is 7.11 Å². The van der Waals surface area contributed by atoms with E-state index in [1.165, 1.54) is 0 Å². The minimum atomic E-state index is -0.684. The number of carboxylic acids is 1. The number of carbonyl (C=O) groups is 1. The average molecular weight is 227 g/mol. The van der Waals surface area contributed by atoms with E-state index in [0.717, 1.165) is 38.6 Å². The third-order valence-corrected chi connectivity index (χ3v) is 4.19. The Morgan fingerprint density at radius 1 is 1.25 bits per heavy atom. The lowest BCUT2D eigenvalue weighted by Gasteiger charge is -2.32. The molecule has 2 aliphatic rings. The molecule has 0 bridgehead atoms. The summed E-state index contributed by atoms with van der Waals surface area (Å²) in [7, 11) is 1.77. The summed E-state index contributed by atoms with van der Waals surface area (Å²) in [5.41, 5.74) is 0. The summed E-state index contributed by atoms with van der Waals surface area (Å²) in [5, 5.41) is 12.2. The first kappa shape index (κ1) is 11.9. The molecule has 0 unspecified atom stereocenters. The van der Waals surface area contributed by atoms with Gasteiger partial charge in [0.2, 0.25) is 0 Å². The standard InChI is InChI=1S/C12H21NO3/c1-16-9-4-2-8(3-5-9)10-6-7-13-11(10)12(14)15/h8-11,13H,2-7H2,1H3,(H,14,15)/t8?,9?,10-,11-/m1/s1. The molecule has 0 aromatic heterocycles. The summed E-state index contributed by atoms with van der Waals surface area (Å²) in [5.74, 6) is 0.217. The number of hydrogen-bond donors (Lipinski definition) is 2. The van der Waals surface area contributed by atoms with Crippen molar-refractivity contribution >= 4 is 5.97 Å². The van der Waals surface area contributed by atoms with Crippen LogP contribution in [-0.2, 0) is 9.53 Å². The molecule has 1 heterocycles. The van der Waals surface area contributed by atoms with Crippen molar-refractivity contribution in [2.24, 2.45) is 11.8 Å². The van der Waals surface area contributed by atoms with E-state index in [2.05, 4.69) is 5.32 Å². The highest BCUT2D eigenvalue weighted by Crippen LogP contribution is 2.36. The van der Waals surface area contributed by atoms with Crippen LogP contribution >= 0.6 is 0 Å². The Bertz CT molecular complexity index is 249. The molecule has 92 valence electrons. The summed E-state index contributed by atoms with van der Waals surface area (Å²) in [6.07, 6.45) is 5.82. The largest absolute Gasteiger partial charge is 0.480 e. The topological polar surface area (TPSA) is 58.6 Å². The van der Waals surface area contributed by atoms with Crippen molar-refractivity contribution < 1.29 is 14.6 Å². The Hall–Kier alpha value is -0.610. The number of methoxy groups -OCH3 is 1. The summed E-state index contributed by atoms with van der Waals surface area (Å²) in [6.45, 7) is 0.853.